The average Bonchev–Trinajstić information content (AvgIpc) is 2.57. The monoisotopic (exact) mass is 359 g/mol. The molecule has 2 rings (SSSR count). The van der Waals surface area contributed by atoms with E-state index in [-0.39, 0.29) is 18.2 Å². The average molecular weight is 360 g/mol. The Labute approximate surface area is 153 Å². The van der Waals surface area contributed by atoms with Crippen molar-refractivity contribution in [2.24, 2.45) is 0 Å². The maximum Gasteiger partial charge on any atom is 0.253 e. The molecular formula is C19H22ClN3O2. The zero-order valence-corrected chi connectivity index (χ0v) is 15.1. The molecule has 2 N–H and O–H groups in total. The Kier molecular flexibility index (Phi) is 6.98. The summed E-state index contributed by atoms with van der Waals surface area (Å²) < 4.78 is 0. The van der Waals surface area contributed by atoms with E-state index in [1.165, 1.54) is 0 Å². The highest BCUT2D eigenvalue weighted by Crippen LogP contribution is 2.16. The van der Waals surface area contributed by atoms with E-state index in [9.17, 15) is 9.59 Å². The highest BCUT2D eigenvalue weighted by Gasteiger charge is 2.13. The lowest BCUT2D eigenvalue weighted by Gasteiger charge is -2.13. The Balaban J connectivity index is 2.00. The first-order valence-electron chi connectivity index (χ1n) is 8.02. The molecule has 0 bridgehead atoms. The second-order valence-electron chi connectivity index (χ2n) is 5.96. The minimum atomic E-state index is -0.204. The van der Waals surface area contributed by atoms with Gasteiger partial charge in [0.1, 0.15) is 0 Å². The van der Waals surface area contributed by atoms with Crippen molar-refractivity contribution in [3.8, 4) is 0 Å². The van der Waals surface area contributed by atoms with Gasteiger partial charge in [0, 0.05) is 18.1 Å². The van der Waals surface area contributed by atoms with E-state index >= 15 is 0 Å². The maximum atomic E-state index is 12.3. The molecule has 0 unspecified atom stereocenters. The van der Waals surface area contributed by atoms with Crippen LogP contribution in [-0.4, -0.2) is 43.9 Å². The quantitative estimate of drug-likeness (QED) is 0.799. The lowest BCUT2D eigenvalue weighted by molar-refractivity contribution is -0.115. The fraction of sp³-hybridized carbons (Fsp3) is 0.263. The molecule has 0 atom stereocenters. The van der Waals surface area contributed by atoms with Gasteiger partial charge < -0.3 is 15.5 Å². The number of halogens is 1. The van der Waals surface area contributed by atoms with E-state index in [2.05, 4.69) is 10.6 Å². The van der Waals surface area contributed by atoms with Gasteiger partial charge in [-0.1, -0.05) is 35.9 Å². The fourth-order valence-corrected chi connectivity index (χ4v) is 2.39. The van der Waals surface area contributed by atoms with Gasteiger partial charge in [0.25, 0.3) is 5.91 Å². The molecule has 0 fully saturated rings. The maximum absolute atomic E-state index is 12.3. The van der Waals surface area contributed by atoms with Crippen LogP contribution in [0, 0.1) is 0 Å². The third kappa shape index (κ3) is 6.21. The van der Waals surface area contributed by atoms with Crippen LogP contribution in [0.15, 0.2) is 48.5 Å². The number of nitrogens with zero attached hydrogens (tertiary/aromatic N) is 1. The molecule has 0 saturated heterocycles. The molecule has 2 aromatic carbocycles. The Hall–Kier alpha value is -2.37. The van der Waals surface area contributed by atoms with Crippen LogP contribution >= 0.6 is 11.6 Å². The molecule has 0 heterocycles. The summed E-state index contributed by atoms with van der Waals surface area (Å²) >= 11 is 5.85. The van der Waals surface area contributed by atoms with Gasteiger partial charge in [-0.25, -0.2) is 0 Å². The number of para-hydroxylation sites is 1. The van der Waals surface area contributed by atoms with Crippen LogP contribution in [0.5, 0.6) is 0 Å². The second-order valence-corrected chi connectivity index (χ2v) is 6.39. The number of hydrogen-bond donors (Lipinski definition) is 2. The third-order valence-corrected chi connectivity index (χ3v) is 3.82. The molecule has 0 spiro atoms. The summed E-state index contributed by atoms with van der Waals surface area (Å²) in [6.07, 6.45) is 0.216. The van der Waals surface area contributed by atoms with E-state index in [0.29, 0.717) is 22.8 Å². The van der Waals surface area contributed by atoms with Crippen molar-refractivity contribution in [1.82, 2.24) is 10.2 Å². The smallest absolute Gasteiger partial charge is 0.253 e. The molecule has 2 amide bonds. The highest BCUT2D eigenvalue weighted by molar-refractivity contribution is 6.30. The van der Waals surface area contributed by atoms with Gasteiger partial charge in [0.05, 0.1) is 17.7 Å². The molecule has 2 aromatic rings. The van der Waals surface area contributed by atoms with Crippen LogP contribution in [0.25, 0.3) is 0 Å². The molecule has 0 aliphatic heterocycles. The standard InChI is InChI=1S/C19H22ClN3O2/c1-23(2)12-11-21-19(25)16-5-3-4-6-17(16)22-18(24)13-14-7-9-15(20)10-8-14/h3-10H,11-13H2,1-2H3,(H,21,25)(H,22,24). The molecule has 5 nitrogen and oxygen atoms in total. The van der Waals surface area contributed by atoms with Crippen molar-refractivity contribution >= 4 is 29.1 Å². The van der Waals surface area contributed by atoms with Crippen LogP contribution in [0.4, 0.5) is 5.69 Å². The van der Waals surface area contributed by atoms with E-state index in [0.717, 1.165) is 12.1 Å². The number of nitrogens with one attached hydrogen (secondary N) is 2. The Bertz CT molecular complexity index is 730. The number of carbonyl (C=O) groups excluding carboxylic acids is 2. The molecule has 0 aromatic heterocycles. The zero-order chi connectivity index (χ0) is 18.2. The van der Waals surface area contributed by atoms with Crippen molar-refractivity contribution in [2.75, 3.05) is 32.5 Å². The number of likely N-dealkylation sites (N-methyl/N-ethyl adjacent to an activating group) is 1. The lowest BCUT2D eigenvalue weighted by Crippen LogP contribution is -2.32. The molecule has 0 aliphatic carbocycles. The Morgan fingerprint density at radius 2 is 1.72 bits per heavy atom. The topological polar surface area (TPSA) is 61.4 Å². The van der Waals surface area contributed by atoms with E-state index in [1.54, 1.807) is 36.4 Å². The van der Waals surface area contributed by atoms with Gasteiger partial charge in [-0.15, -0.1) is 0 Å². The van der Waals surface area contributed by atoms with Crippen molar-refractivity contribution in [3.63, 3.8) is 0 Å². The number of benzene rings is 2. The van der Waals surface area contributed by atoms with E-state index in [1.807, 2.05) is 31.1 Å². The number of hydrogen-bond acceptors (Lipinski definition) is 3. The summed E-state index contributed by atoms with van der Waals surface area (Å²) in [4.78, 5) is 26.6. The van der Waals surface area contributed by atoms with Gasteiger partial charge in [-0.2, -0.15) is 0 Å². The van der Waals surface area contributed by atoms with Crippen LogP contribution < -0.4 is 10.6 Å². The van der Waals surface area contributed by atoms with Crippen molar-refractivity contribution in [1.29, 1.82) is 0 Å². The fourth-order valence-electron chi connectivity index (χ4n) is 2.26. The molecule has 0 saturated carbocycles. The summed E-state index contributed by atoms with van der Waals surface area (Å²) in [7, 11) is 3.88. The summed E-state index contributed by atoms with van der Waals surface area (Å²) in [6, 6.07) is 14.1. The first-order chi connectivity index (χ1) is 12.0. The SMILES string of the molecule is CN(C)CCNC(=O)c1ccccc1NC(=O)Cc1ccc(Cl)cc1. The van der Waals surface area contributed by atoms with E-state index < -0.39 is 0 Å². The highest BCUT2D eigenvalue weighted by atomic mass is 35.5. The van der Waals surface area contributed by atoms with Gasteiger partial charge in [0.2, 0.25) is 5.91 Å². The molecule has 0 radical (unpaired) electrons. The molecule has 0 aliphatic rings. The second kappa shape index (κ2) is 9.20. The summed E-state index contributed by atoms with van der Waals surface area (Å²) in [6.45, 7) is 1.29. The van der Waals surface area contributed by atoms with Crippen LogP contribution in [-0.2, 0) is 11.2 Å². The first kappa shape index (κ1) is 19.0. The van der Waals surface area contributed by atoms with Crippen LogP contribution in [0.2, 0.25) is 5.02 Å². The predicted molar refractivity (Wildman–Crippen MR) is 101 cm³/mol. The largest absolute Gasteiger partial charge is 0.351 e. The van der Waals surface area contributed by atoms with E-state index in [4.69, 9.17) is 11.6 Å². The van der Waals surface area contributed by atoms with Crippen molar-refractivity contribution in [2.45, 2.75) is 6.42 Å². The Morgan fingerprint density at radius 3 is 2.40 bits per heavy atom. The van der Waals surface area contributed by atoms with Crippen LogP contribution in [0.3, 0.4) is 0 Å². The number of carbonyl (C=O) groups is 2. The summed E-state index contributed by atoms with van der Waals surface area (Å²) in [5.74, 6) is -0.389. The number of rotatable bonds is 7. The zero-order valence-electron chi connectivity index (χ0n) is 14.4. The van der Waals surface area contributed by atoms with Gasteiger partial charge in [-0.05, 0) is 43.9 Å². The van der Waals surface area contributed by atoms with Crippen molar-refractivity contribution in [3.05, 3.63) is 64.7 Å². The first-order valence-corrected chi connectivity index (χ1v) is 8.40. The number of anilines is 1. The van der Waals surface area contributed by atoms with Crippen molar-refractivity contribution < 1.29 is 9.59 Å². The molecule has 6 heteroatoms. The Morgan fingerprint density at radius 1 is 1.04 bits per heavy atom. The number of amides is 2. The van der Waals surface area contributed by atoms with Gasteiger partial charge in [0.15, 0.2) is 0 Å². The predicted octanol–water partition coefficient (Wildman–Crippen LogP) is 2.81. The third-order valence-electron chi connectivity index (χ3n) is 3.57. The molecule has 132 valence electrons. The summed E-state index contributed by atoms with van der Waals surface area (Å²) in [5, 5.41) is 6.29. The van der Waals surface area contributed by atoms with Crippen LogP contribution in [0.1, 0.15) is 15.9 Å². The molecule has 25 heavy (non-hydrogen) atoms. The normalized spacial score (nSPS) is 10.6. The summed E-state index contributed by atoms with van der Waals surface area (Å²) in [5.41, 5.74) is 1.81. The van der Waals surface area contributed by atoms with Gasteiger partial charge >= 0.3 is 0 Å². The minimum Gasteiger partial charge on any atom is -0.351 e. The van der Waals surface area contributed by atoms with Gasteiger partial charge in [-0.3, -0.25) is 9.59 Å². The molecular weight excluding hydrogens is 338 g/mol. The lowest BCUT2D eigenvalue weighted by atomic mass is 10.1. The minimum absolute atomic E-state index is 0.184.